The lowest BCUT2D eigenvalue weighted by molar-refractivity contribution is -0.0498. The summed E-state index contributed by atoms with van der Waals surface area (Å²) in [6.07, 6.45) is 0. The summed E-state index contributed by atoms with van der Waals surface area (Å²) in [4.78, 5) is -0.315. The molecular formula is C14H11ClF3NO3S. The van der Waals surface area contributed by atoms with Crippen LogP contribution < -0.4 is 9.46 Å². The van der Waals surface area contributed by atoms with Crippen LogP contribution in [0.25, 0.3) is 0 Å². The summed E-state index contributed by atoms with van der Waals surface area (Å²) < 4.78 is 68.6. The molecule has 0 fully saturated rings. The minimum absolute atomic E-state index is 0.228. The molecule has 1 N–H and O–H groups in total. The Morgan fingerprint density at radius 2 is 1.87 bits per heavy atom. The number of rotatable bonds is 5. The highest BCUT2D eigenvalue weighted by molar-refractivity contribution is 7.92. The van der Waals surface area contributed by atoms with E-state index in [-0.39, 0.29) is 21.4 Å². The zero-order valence-corrected chi connectivity index (χ0v) is 13.3. The number of alkyl halides is 2. The van der Waals surface area contributed by atoms with E-state index in [1.54, 1.807) is 6.92 Å². The van der Waals surface area contributed by atoms with Crippen molar-refractivity contribution in [2.24, 2.45) is 0 Å². The lowest BCUT2D eigenvalue weighted by Crippen LogP contribution is -2.14. The number of ether oxygens (including phenoxy) is 1. The number of nitrogens with one attached hydrogen (secondary N) is 1. The maximum absolute atomic E-state index is 13.6. The van der Waals surface area contributed by atoms with Crippen LogP contribution in [0.15, 0.2) is 41.3 Å². The van der Waals surface area contributed by atoms with E-state index in [0.29, 0.717) is 5.56 Å². The fraction of sp³-hybridized carbons (Fsp3) is 0.143. The molecule has 0 spiro atoms. The van der Waals surface area contributed by atoms with Gasteiger partial charge < -0.3 is 4.74 Å². The van der Waals surface area contributed by atoms with Crippen molar-refractivity contribution in [3.05, 3.63) is 52.8 Å². The number of anilines is 1. The summed E-state index contributed by atoms with van der Waals surface area (Å²) >= 11 is 5.71. The largest absolute Gasteiger partial charge is 0.433 e. The van der Waals surface area contributed by atoms with E-state index in [1.165, 1.54) is 12.1 Å². The highest BCUT2D eigenvalue weighted by Gasteiger charge is 2.19. The third-order valence-electron chi connectivity index (χ3n) is 2.80. The van der Waals surface area contributed by atoms with Crippen molar-refractivity contribution in [2.75, 3.05) is 4.72 Å². The van der Waals surface area contributed by atoms with Crippen LogP contribution >= 0.6 is 11.6 Å². The minimum atomic E-state index is -4.14. The van der Waals surface area contributed by atoms with Crippen LogP contribution in [0.4, 0.5) is 18.9 Å². The standard InChI is InChI=1S/C14H11ClF3NO3S/c1-8-2-4-11(16)12(6-8)19-23(20,21)9-3-5-13(10(15)7-9)22-14(17)18/h2-7,14,19H,1H3. The van der Waals surface area contributed by atoms with Gasteiger partial charge in [0, 0.05) is 0 Å². The fourth-order valence-corrected chi connectivity index (χ4v) is 3.14. The third kappa shape index (κ3) is 4.29. The van der Waals surface area contributed by atoms with Gasteiger partial charge in [-0.25, -0.2) is 12.8 Å². The smallest absolute Gasteiger partial charge is 0.387 e. The molecular weight excluding hydrogens is 355 g/mol. The van der Waals surface area contributed by atoms with Gasteiger partial charge in [-0.3, -0.25) is 4.72 Å². The Hall–Kier alpha value is -1.93. The first-order chi connectivity index (χ1) is 10.7. The summed E-state index contributed by atoms with van der Waals surface area (Å²) in [7, 11) is -4.14. The highest BCUT2D eigenvalue weighted by Crippen LogP contribution is 2.29. The van der Waals surface area contributed by atoms with E-state index in [9.17, 15) is 21.6 Å². The molecule has 23 heavy (non-hydrogen) atoms. The van der Waals surface area contributed by atoms with Crippen molar-refractivity contribution in [1.82, 2.24) is 0 Å². The topological polar surface area (TPSA) is 55.4 Å². The second kappa shape index (κ2) is 6.67. The monoisotopic (exact) mass is 365 g/mol. The van der Waals surface area contributed by atoms with Gasteiger partial charge in [0.25, 0.3) is 10.0 Å². The van der Waals surface area contributed by atoms with Gasteiger partial charge in [0.05, 0.1) is 15.6 Å². The van der Waals surface area contributed by atoms with Gasteiger partial charge in [0.15, 0.2) is 0 Å². The summed E-state index contributed by atoms with van der Waals surface area (Å²) in [5, 5.41) is -0.308. The summed E-state index contributed by atoms with van der Waals surface area (Å²) in [5.74, 6) is -1.11. The van der Waals surface area contributed by atoms with Gasteiger partial charge in [-0.15, -0.1) is 0 Å². The molecule has 0 bridgehead atoms. The number of hydrogen-bond donors (Lipinski definition) is 1. The molecule has 2 aromatic carbocycles. The van der Waals surface area contributed by atoms with E-state index < -0.39 is 22.5 Å². The molecule has 0 aliphatic heterocycles. The first-order valence-corrected chi connectivity index (χ1v) is 8.08. The maximum Gasteiger partial charge on any atom is 0.387 e. The van der Waals surface area contributed by atoms with Crippen LogP contribution in [0, 0.1) is 12.7 Å². The molecule has 0 unspecified atom stereocenters. The molecule has 0 saturated heterocycles. The number of aryl methyl sites for hydroxylation is 1. The number of sulfonamides is 1. The molecule has 2 aromatic rings. The molecule has 0 atom stereocenters. The molecule has 0 aliphatic carbocycles. The molecule has 9 heteroatoms. The number of benzene rings is 2. The Morgan fingerprint density at radius 1 is 1.17 bits per heavy atom. The molecule has 0 saturated carbocycles. The zero-order valence-electron chi connectivity index (χ0n) is 11.7. The lowest BCUT2D eigenvalue weighted by atomic mass is 10.2. The lowest BCUT2D eigenvalue weighted by Gasteiger charge is -2.11. The Labute approximate surface area is 135 Å². The summed E-state index contributed by atoms with van der Waals surface area (Å²) in [5.41, 5.74) is 0.428. The van der Waals surface area contributed by atoms with Gasteiger partial charge in [-0.1, -0.05) is 17.7 Å². The van der Waals surface area contributed by atoms with Gasteiger partial charge in [-0.05, 0) is 42.8 Å². The van der Waals surface area contributed by atoms with E-state index in [0.717, 1.165) is 24.3 Å². The predicted molar refractivity (Wildman–Crippen MR) is 80.0 cm³/mol. The van der Waals surface area contributed by atoms with Gasteiger partial charge in [0.1, 0.15) is 11.6 Å². The van der Waals surface area contributed by atoms with Crippen molar-refractivity contribution >= 4 is 27.3 Å². The Kier molecular flexibility index (Phi) is 5.06. The molecule has 0 amide bonds. The van der Waals surface area contributed by atoms with Crippen LogP contribution in [-0.4, -0.2) is 15.0 Å². The quantitative estimate of drug-likeness (QED) is 0.864. The maximum atomic E-state index is 13.6. The molecule has 0 aliphatic rings. The molecule has 0 radical (unpaired) electrons. The molecule has 0 aromatic heterocycles. The normalized spacial score (nSPS) is 11.6. The van der Waals surface area contributed by atoms with Gasteiger partial charge >= 0.3 is 6.61 Å². The van der Waals surface area contributed by atoms with Crippen molar-refractivity contribution in [3.8, 4) is 5.75 Å². The van der Waals surface area contributed by atoms with E-state index in [1.807, 2.05) is 0 Å². The number of halogens is 4. The van der Waals surface area contributed by atoms with Crippen LogP contribution in [0.5, 0.6) is 5.75 Å². The average Bonchev–Trinajstić information content (AvgIpc) is 2.44. The van der Waals surface area contributed by atoms with Crippen LogP contribution in [0.3, 0.4) is 0 Å². The Bertz CT molecular complexity index is 828. The van der Waals surface area contributed by atoms with Gasteiger partial charge in [-0.2, -0.15) is 8.78 Å². The second-order valence-electron chi connectivity index (χ2n) is 4.56. The summed E-state index contributed by atoms with van der Waals surface area (Å²) in [6, 6.07) is 6.90. The number of hydrogen-bond acceptors (Lipinski definition) is 3. The van der Waals surface area contributed by atoms with E-state index in [4.69, 9.17) is 11.6 Å². The Balaban J connectivity index is 2.33. The van der Waals surface area contributed by atoms with E-state index >= 15 is 0 Å². The molecule has 0 heterocycles. The Morgan fingerprint density at radius 3 is 2.48 bits per heavy atom. The van der Waals surface area contributed by atoms with Crippen molar-refractivity contribution in [3.63, 3.8) is 0 Å². The van der Waals surface area contributed by atoms with Gasteiger partial charge in [0.2, 0.25) is 0 Å². The minimum Gasteiger partial charge on any atom is -0.433 e. The fourth-order valence-electron chi connectivity index (χ4n) is 1.76. The van der Waals surface area contributed by atoms with Crippen molar-refractivity contribution < 1.29 is 26.3 Å². The predicted octanol–water partition coefficient (Wildman–Crippen LogP) is 4.19. The molecule has 4 nitrogen and oxygen atoms in total. The zero-order chi connectivity index (χ0) is 17.2. The molecule has 124 valence electrons. The second-order valence-corrected chi connectivity index (χ2v) is 6.65. The van der Waals surface area contributed by atoms with Crippen molar-refractivity contribution in [1.29, 1.82) is 0 Å². The first kappa shape index (κ1) is 17.4. The van der Waals surface area contributed by atoms with Crippen LogP contribution in [-0.2, 0) is 10.0 Å². The third-order valence-corrected chi connectivity index (χ3v) is 4.45. The molecule has 2 rings (SSSR count). The van der Waals surface area contributed by atoms with Crippen LogP contribution in [0.2, 0.25) is 5.02 Å². The van der Waals surface area contributed by atoms with Crippen molar-refractivity contribution in [2.45, 2.75) is 18.4 Å². The average molecular weight is 366 g/mol. The van der Waals surface area contributed by atoms with E-state index in [2.05, 4.69) is 9.46 Å². The highest BCUT2D eigenvalue weighted by atomic mass is 35.5. The van der Waals surface area contributed by atoms with Crippen LogP contribution in [0.1, 0.15) is 5.56 Å². The summed E-state index contributed by atoms with van der Waals surface area (Å²) in [6.45, 7) is -1.42. The SMILES string of the molecule is Cc1ccc(F)c(NS(=O)(=O)c2ccc(OC(F)F)c(Cl)c2)c1. The first-order valence-electron chi connectivity index (χ1n) is 6.22.